The fourth-order valence-corrected chi connectivity index (χ4v) is 5.96. The zero-order valence-corrected chi connectivity index (χ0v) is 20.0. The fraction of sp³-hybridized carbons (Fsp3) is 0.423. The Labute approximate surface area is 203 Å². The predicted molar refractivity (Wildman–Crippen MR) is 132 cm³/mol. The Kier molecular flexibility index (Phi) is 7.46. The maximum atomic E-state index is 12.9. The average Bonchev–Trinajstić information content (AvgIpc) is 3.15. The summed E-state index contributed by atoms with van der Waals surface area (Å²) >= 11 is 1.79. The van der Waals surface area contributed by atoms with E-state index in [1.807, 2.05) is 24.3 Å². The van der Waals surface area contributed by atoms with Crippen LogP contribution in [0.4, 0.5) is 4.79 Å². The lowest BCUT2D eigenvalue weighted by Crippen LogP contribution is -2.53. The van der Waals surface area contributed by atoms with Crippen molar-refractivity contribution in [3.8, 4) is 11.1 Å². The zero-order valence-electron chi connectivity index (χ0n) is 19.2. The number of hydrogen-bond donors (Lipinski definition) is 3. The van der Waals surface area contributed by atoms with E-state index in [0.29, 0.717) is 12.8 Å². The van der Waals surface area contributed by atoms with Crippen molar-refractivity contribution in [1.82, 2.24) is 10.6 Å². The minimum Gasteiger partial charge on any atom is -0.481 e. The summed E-state index contributed by atoms with van der Waals surface area (Å²) in [6.07, 6.45) is 0.887. The molecule has 1 atom stereocenters. The van der Waals surface area contributed by atoms with Gasteiger partial charge in [0.1, 0.15) is 6.61 Å². The van der Waals surface area contributed by atoms with E-state index < -0.39 is 23.5 Å². The van der Waals surface area contributed by atoms with E-state index in [2.05, 4.69) is 34.9 Å². The normalized spacial score (nSPS) is 17.2. The maximum absolute atomic E-state index is 12.9. The highest BCUT2D eigenvalue weighted by Gasteiger charge is 2.37. The molecule has 1 aliphatic carbocycles. The lowest BCUT2D eigenvalue weighted by Gasteiger charge is -2.37. The van der Waals surface area contributed by atoms with Gasteiger partial charge in [0, 0.05) is 18.9 Å². The smallest absolute Gasteiger partial charge is 0.407 e. The highest BCUT2D eigenvalue weighted by molar-refractivity contribution is 7.99. The van der Waals surface area contributed by atoms with E-state index in [4.69, 9.17) is 9.84 Å². The number of carbonyl (C=O) groups excluding carboxylic acids is 2. The monoisotopic (exact) mass is 482 g/mol. The van der Waals surface area contributed by atoms with Gasteiger partial charge in [-0.05, 0) is 46.6 Å². The predicted octanol–water partition coefficient (Wildman–Crippen LogP) is 4.02. The van der Waals surface area contributed by atoms with Gasteiger partial charge in [-0.1, -0.05) is 55.5 Å². The zero-order chi connectivity index (χ0) is 24.1. The molecule has 8 heteroatoms. The summed E-state index contributed by atoms with van der Waals surface area (Å²) in [7, 11) is 0. The SMILES string of the molecule is CC(CNC(=O)CC1(NC(=O)OCC2c3ccccc3-c3ccccc32)CCSCC1)C(=O)O. The third kappa shape index (κ3) is 5.38. The van der Waals surface area contributed by atoms with Crippen LogP contribution >= 0.6 is 11.8 Å². The van der Waals surface area contributed by atoms with Crippen LogP contribution in [-0.4, -0.2) is 53.3 Å². The van der Waals surface area contributed by atoms with E-state index in [1.54, 1.807) is 18.7 Å². The van der Waals surface area contributed by atoms with Crippen LogP contribution in [0.2, 0.25) is 0 Å². The molecule has 2 aromatic carbocycles. The lowest BCUT2D eigenvalue weighted by atomic mass is 9.88. The Morgan fingerprint density at radius 3 is 2.24 bits per heavy atom. The number of hydrogen-bond acceptors (Lipinski definition) is 5. The van der Waals surface area contributed by atoms with Crippen molar-refractivity contribution in [2.24, 2.45) is 5.92 Å². The second-order valence-electron chi connectivity index (χ2n) is 9.06. The molecule has 1 unspecified atom stereocenters. The number of rotatable bonds is 8. The lowest BCUT2D eigenvalue weighted by molar-refractivity contribution is -0.141. The number of carboxylic acids is 1. The quantitative estimate of drug-likeness (QED) is 0.525. The highest BCUT2D eigenvalue weighted by Crippen LogP contribution is 2.44. The molecule has 3 N–H and O–H groups in total. The van der Waals surface area contributed by atoms with Crippen LogP contribution in [0.3, 0.4) is 0 Å². The van der Waals surface area contributed by atoms with Gasteiger partial charge < -0.3 is 20.5 Å². The van der Waals surface area contributed by atoms with Crippen LogP contribution < -0.4 is 10.6 Å². The van der Waals surface area contributed by atoms with Crippen molar-refractivity contribution in [2.75, 3.05) is 24.7 Å². The number of alkyl carbamates (subject to hydrolysis) is 1. The third-order valence-electron chi connectivity index (χ3n) is 6.69. The Morgan fingerprint density at radius 1 is 1.06 bits per heavy atom. The van der Waals surface area contributed by atoms with Crippen LogP contribution in [0, 0.1) is 5.92 Å². The Morgan fingerprint density at radius 2 is 1.65 bits per heavy atom. The molecule has 0 aromatic heterocycles. The molecule has 0 saturated carbocycles. The van der Waals surface area contributed by atoms with Crippen LogP contribution in [-0.2, 0) is 14.3 Å². The summed E-state index contributed by atoms with van der Waals surface area (Å²) in [5.41, 5.74) is 3.93. The number of carbonyl (C=O) groups is 3. The van der Waals surface area contributed by atoms with Gasteiger partial charge in [-0.2, -0.15) is 11.8 Å². The van der Waals surface area contributed by atoms with Crippen LogP contribution in [0.25, 0.3) is 11.1 Å². The van der Waals surface area contributed by atoms with E-state index >= 15 is 0 Å². The topological polar surface area (TPSA) is 105 Å². The molecule has 0 radical (unpaired) electrons. The first-order valence-corrected chi connectivity index (χ1v) is 12.7. The van der Waals surface area contributed by atoms with Gasteiger partial charge >= 0.3 is 12.1 Å². The molecule has 180 valence electrons. The minimum atomic E-state index is -0.958. The van der Waals surface area contributed by atoms with Gasteiger partial charge in [0.2, 0.25) is 5.91 Å². The molecular weight excluding hydrogens is 452 g/mol. The number of aliphatic carboxylic acids is 1. The molecule has 0 spiro atoms. The van der Waals surface area contributed by atoms with E-state index in [0.717, 1.165) is 22.6 Å². The molecule has 34 heavy (non-hydrogen) atoms. The second kappa shape index (κ2) is 10.5. The first-order chi connectivity index (χ1) is 16.4. The second-order valence-corrected chi connectivity index (χ2v) is 10.3. The maximum Gasteiger partial charge on any atom is 0.407 e. The van der Waals surface area contributed by atoms with Gasteiger partial charge in [-0.3, -0.25) is 9.59 Å². The minimum absolute atomic E-state index is 0.0307. The van der Waals surface area contributed by atoms with Crippen molar-refractivity contribution < 1.29 is 24.2 Å². The molecular formula is C26H30N2O5S. The molecule has 2 aromatic rings. The first kappa shape index (κ1) is 24.1. The van der Waals surface area contributed by atoms with Crippen molar-refractivity contribution >= 4 is 29.7 Å². The Bertz CT molecular complexity index is 1020. The van der Waals surface area contributed by atoms with Gasteiger partial charge in [0.25, 0.3) is 0 Å². The summed E-state index contributed by atoms with van der Waals surface area (Å²) in [5.74, 6) is -0.251. The summed E-state index contributed by atoms with van der Waals surface area (Å²) in [6.45, 7) is 1.82. The van der Waals surface area contributed by atoms with Crippen molar-refractivity contribution in [2.45, 2.75) is 37.6 Å². The van der Waals surface area contributed by atoms with E-state index in [1.165, 1.54) is 11.1 Å². The van der Waals surface area contributed by atoms with Crippen molar-refractivity contribution in [1.29, 1.82) is 0 Å². The van der Waals surface area contributed by atoms with Crippen molar-refractivity contribution in [3.63, 3.8) is 0 Å². The standard InChI is InChI=1S/C26H30N2O5S/c1-17(24(30)31)15-27-23(29)14-26(10-12-34-13-11-26)28-25(32)33-16-22-20-8-4-2-6-18(20)19-7-3-5-9-21(19)22/h2-9,17,22H,10-16H2,1H3,(H,27,29)(H,28,32)(H,30,31). The molecule has 0 bridgehead atoms. The highest BCUT2D eigenvalue weighted by atomic mass is 32.2. The van der Waals surface area contributed by atoms with Gasteiger partial charge in [0.05, 0.1) is 11.5 Å². The summed E-state index contributed by atoms with van der Waals surface area (Å²) < 4.78 is 5.71. The molecule has 2 amide bonds. The van der Waals surface area contributed by atoms with Crippen LogP contribution in [0.1, 0.15) is 43.2 Å². The molecule has 1 saturated heterocycles. The summed E-state index contributed by atoms with van der Waals surface area (Å²) in [5, 5.41) is 14.7. The molecule has 4 rings (SSSR count). The number of thioether (sulfide) groups is 1. The number of ether oxygens (including phenoxy) is 1. The molecule has 1 aliphatic heterocycles. The molecule has 7 nitrogen and oxygen atoms in total. The Balaban J connectivity index is 1.39. The number of benzene rings is 2. The van der Waals surface area contributed by atoms with Crippen molar-refractivity contribution in [3.05, 3.63) is 59.7 Å². The average molecular weight is 483 g/mol. The van der Waals surface area contributed by atoms with Gasteiger partial charge in [0.15, 0.2) is 0 Å². The number of nitrogens with one attached hydrogen (secondary N) is 2. The third-order valence-corrected chi connectivity index (χ3v) is 7.67. The van der Waals surface area contributed by atoms with Gasteiger partial charge in [-0.25, -0.2) is 4.79 Å². The number of fused-ring (bicyclic) bond motifs is 3. The van der Waals surface area contributed by atoms with E-state index in [9.17, 15) is 14.4 Å². The first-order valence-electron chi connectivity index (χ1n) is 11.6. The molecule has 1 heterocycles. The fourth-order valence-electron chi connectivity index (χ4n) is 4.68. The summed E-state index contributed by atoms with van der Waals surface area (Å²) in [6, 6.07) is 16.3. The van der Waals surface area contributed by atoms with E-state index in [-0.39, 0.29) is 31.4 Å². The van der Waals surface area contributed by atoms with Crippen LogP contribution in [0.5, 0.6) is 0 Å². The van der Waals surface area contributed by atoms with Gasteiger partial charge in [-0.15, -0.1) is 0 Å². The van der Waals surface area contributed by atoms with Crippen LogP contribution in [0.15, 0.2) is 48.5 Å². The largest absolute Gasteiger partial charge is 0.481 e. The number of carboxylic acid groups (broad SMARTS) is 1. The number of amides is 2. The summed E-state index contributed by atoms with van der Waals surface area (Å²) in [4.78, 5) is 36.5. The molecule has 2 aliphatic rings. The molecule has 1 fully saturated rings. The Hall–Kier alpha value is -3.00.